The number of hydrogen-bond donors (Lipinski definition) is 1. The molecule has 7 nitrogen and oxygen atoms in total. The molecule has 0 aliphatic rings. The van der Waals surface area contributed by atoms with Crippen molar-refractivity contribution in [3.8, 4) is 5.69 Å². The normalized spacial score (nSPS) is 10.5. The number of anilines is 1. The molecule has 0 radical (unpaired) electrons. The average molecular weight is 364 g/mol. The average Bonchev–Trinajstić information content (AvgIpc) is 3.09. The highest BCUT2D eigenvalue weighted by Gasteiger charge is 2.18. The smallest absolute Gasteiger partial charge is 0.337 e. The van der Waals surface area contributed by atoms with E-state index in [0.717, 1.165) is 12.1 Å². The molecule has 0 saturated carbocycles. The minimum atomic E-state index is -0.469. The summed E-state index contributed by atoms with van der Waals surface area (Å²) in [5.74, 6) is -0.866. The van der Waals surface area contributed by atoms with Crippen LogP contribution >= 0.6 is 0 Å². The van der Waals surface area contributed by atoms with Gasteiger partial charge in [-0.3, -0.25) is 4.79 Å². The van der Waals surface area contributed by atoms with Gasteiger partial charge in [-0.05, 0) is 49.2 Å². The predicted molar refractivity (Wildman–Crippen MR) is 101 cm³/mol. The second-order valence-electron chi connectivity index (χ2n) is 5.98. The molecule has 1 N–H and O–H groups in total. The first kappa shape index (κ1) is 18.3. The fourth-order valence-corrected chi connectivity index (χ4v) is 2.69. The van der Waals surface area contributed by atoms with Gasteiger partial charge in [-0.2, -0.15) is 0 Å². The SMILES string of the molecule is CCc1ccc(-n2nnc(C(=O)Nc3cccc(C(=O)OC)c3)c2C)cc1. The Morgan fingerprint density at radius 1 is 1.15 bits per heavy atom. The van der Waals surface area contributed by atoms with Crippen LogP contribution in [0.2, 0.25) is 0 Å². The maximum Gasteiger partial charge on any atom is 0.337 e. The van der Waals surface area contributed by atoms with Crippen molar-refractivity contribution in [3.63, 3.8) is 0 Å². The fourth-order valence-electron chi connectivity index (χ4n) is 2.69. The quantitative estimate of drug-likeness (QED) is 0.703. The van der Waals surface area contributed by atoms with Crippen LogP contribution in [0, 0.1) is 6.92 Å². The van der Waals surface area contributed by atoms with Crippen molar-refractivity contribution in [3.05, 3.63) is 71.0 Å². The molecule has 1 aromatic heterocycles. The Bertz CT molecular complexity index is 977. The van der Waals surface area contributed by atoms with Gasteiger partial charge in [0.05, 0.1) is 24.1 Å². The van der Waals surface area contributed by atoms with E-state index < -0.39 is 11.9 Å². The molecule has 0 fully saturated rings. The lowest BCUT2D eigenvalue weighted by atomic mass is 10.1. The largest absolute Gasteiger partial charge is 0.465 e. The Morgan fingerprint density at radius 3 is 2.56 bits per heavy atom. The molecule has 138 valence electrons. The molecule has 1 heterocycles. The van der Waals surface area contributed by atoms with Crippen LogP contribution in [0.4, 0.5) is 5.69 Å². The van der Waals surface area contributed by atoms with Gasteiger partial charge >= 0.3 is 5.97 Å². The number of aryl methyl sites for hydroxylation is 1. The molecule has 0 atom stereocenters. The predicted octanol–water partition coefficient (Wildman–Crippen LogP) is 3.18. The molecular weight excluding hydrogens is 344 g/mol. The zero-order chi connectivity index (χ0) is 19.4. The highest BCUT2D eigenvalue weighted by molar-refractivity contribution is 6.04. The molecule has 27 heavy (non-hydrogen) atoms. The van der Waals surface area contributed by atoms with E-state index in [1.54, 1.807) is 35.9 Å². The van der Waals surface area contributed by atoms with Gasteiger partial charge in [0.1, 0.15) is 0 Å². The second kappa shape index (κ2) is 7.82. The summed E-state index contributed by atoms with van der Waals surface area (Å²) in [4.78, 5) is 24.2. The maximum absolute atomic E-state index is 12.6. The van der Waals surface area contributed by atoms with Crippen molar-refractivity contribution < 1.29 is 14.3 Å². The Morgan fingerprint density at radius 2 is 1.89 bits per heavy atom. The first-order valence-corrected chi connectivity index (χ1v) is 8.54. The van der Waals surface area contributed by atoms with Gasteiger partial charge in [0.2, 0.25) is 0 Å². The minimum absolute atomic E-state index is 0.220. The zero-order valence-electron chi connectivity index (χ0n) is 15.4. The van der Waals surface area contributed by atoms with E-state index in [2.05, 4.69) is 22.6 Å². The third kappa shape index (κ3) is 3.87. The van der Waals surface area contributed by atoms with Gasteiger partial charge in [0.15, 0.2) is 5.69 Å². The van der Waals surface area contributed by atoms with Crippen LogP contribution in [0.3, 0.4) is 0 Å². The van der Waals surface area contributed by atoms with Crippen LogP contribution in [0.5, 0.6) is 0 Å². The van der Waals surface area contributed by atoms with E-state index in [4.69, 9.17) is 4.74 Å². The number of carbonyl (C=O) groups excluding carboxylic acids is 2. The van der Waals surface area contributed by atoms with Crippen molar-refractivity contribution >= 4 is 17.6 Å². The molecule has 3 aromatic rings. The third-order valence-corrected chi connectivity index (χ3v) is 4.24. The summed E-state index contributed by atoms with van der Waals surface area (Å²) in [5.41, 5.74) is 3.73. The molecule has 0 aliphatic carbocycles. The van der Waals surface area contributed by atoms with Crippen molar-refractivity contribution in [2.75, 3.05) is 12.4 Å². The number of hydrogen-bond acceptors (Lipinski definition) is 5. The number of carbonyl (C=O) groups is 2. The number of nitrogens with one attached hydrogen (secondary N) is 1. The Balaban J connectivity index is 1.82. The van der Waals surface area contributed by atoms with Crippen LogP contribution in [0.15, 0.2) is 48.5 Å². The van der Waals surface area contributed by atoms with Gasteiger partial charge in [0, 0.05) is 5.69 Å². The first-order valence-electron chi connectivity index (χ1n) is 8.54. The monoisotopic (exact) mass is 364 g/mol. The minimum Gasteiger partial charge on any atom is -0.465 e. The summed E-state index contributed by atoms with van der Waals surface area (Å²) in [5, 5.41) is 10.8. The van der Waals surface area contributed by atoms with Crippen molar-refractivity contribution in [1.29, 1.82) is 0 Å². The van der Waals surface area contributed by atoms with E-state index in [1.807, 2.05) is 24.3 Å². The number of esters is 1. The summed E-state index contributed by atoms with van der Waals surface area (Å²) in [6.45, 7) is 3.88. The number of amides is 1. The highest BCUT2D eigenvalue weighted by Crippen LogP contribution is 2.16. The molecule has 7 heteroatoms. The van der Waals surface area contributed by atoms with Gasteiger partial charge in [-0.25, -0.2) is 9.48 Å². The lowest BCUT2D eigenvalue weighted by molar-refractivity contribution is 0.0600. The Labute approximate surface area is 157 Å². The summed E-state index contributed by atoms with van der Waals surface area (Å²) in [7, 11) is 1.31. The molecule has 0 aliphatic heterocycles. The van der Waals surface area contributed by atoms with Crippen LogP contribution in [0.25, 0.3) is 5.69 Å². The lowest BCUT2D eigenvalue weighted by Gasteiger charge is -2.07. The molecular formula is C20H20N4O3. The number of rotatable bonds is 5. The summed E-state index contributed by atoms with van der Waals surface area (Å²) >= 11 is 0. The molecule has 0 saturated heterocycles. The number of methoxy groups -OCH3 is 1. The Kier molecular flexibility index (Phi) is 5.30. The fraction of sp³-hybridized carbons (Fsp3) is 0.200. The van der Waals surface area contributed by atoms with E-state index >= 15 is 0 Å². The topological polar surface area (TPSA) is 86.1 Å². The van der Waals surface area contributed by atoms with Gasteiger partial charge in [0.25, 0.3) is 5.91 Å². The van der Waals surface area contributed by atoms with Crippen molar-refractivity contribution in [1.82, 2.24) is 15.0 Å². The number of ether oxygens (including phenoxy) is 1. The molecule has 0 spiro atoms. The van der Waals surface area contributed by atoms with Gasteiger partial charge in [-0.15, -0.1) is 5.10 Å². The number of benzene rings is 2. The van der Waals surface area contributed by atoms with Crippen LogP contribution in [-0.2, 0) is 11.2 Å². The number of aromatic nitrogens is 3. The van der Waals surface area contributed by atoms with Crippen LogP contribution in [-0.4, -0.2) is 34.0 Å². The zero-order valence-corrected chi connectivity index (χ0v) is 15.4. The highest BCUT2D eigenvalue weighted by atomic mass is 16.5. The second-order valence-corrected chi connectivity index (χ2v) is 5.98. The molecule has 3 rings (SSSR count). The van der Waals surface area contributed by atoms with Crippen LogP contribution in [0.1, 0.15) is 39.0 Å². The van der Waals surface area contributed by atoms with Crippen molar-refractivity contribution in [2.45, 2.75) is 20.3 Å². The van der Waals surface area contributed by atoms with Gasteiger partial charge < -0.3 is 10.1 Å². The molecule has 0 unspecified atom stereocenters. The van der Waals surface area contributed by atoms with Crippen LogP contribution < -0.4 is 5.32 Å². The summed E-state index contributed by atoms with van der Waals surface area (Å²) in [6, 6.07) is 14.5. The first-order chi connectivity index (χ1) is 13.0. The van der Waals surface area contributed by atoms with E-state index in [1.165, 1.54) is 12.7 Å². The summed E-state index contributed by atoms with van der Waals surface area (Å²) < 4.78 is 6.32. The van der Waals surface area contributed by atoms with E-state index in [-0.39, 0.29) is 5.69 Å². The molecule has 1 amide bonds. The molecule has 0 bridgehead atoms. The summed E-state index contributed by atoms with van der Waals surface area (Å²) in [6.07, 6.45) is 0.953. The molecule has 2 aromatic carbocycles. The number of nitrogens with zero attached hydrogens (tertiary/aromatic N) is 3. The van der Waals surface area contributed by atoms with Gasteiger partial charge in [-0.1, -0.05) is 30.3 Å². The third-order valence-electron chi connectivity index (χ3n) is 4.24. The Hall–Kier alpha value is -3.48. The standard InChI is InChI=1S/C20H20N4O3/c1-4-14-8-10-17(11-9-14)24-13(2)18(22-23-24)19(25)21-16-7-5-6-15(12-16)20(26)27-3/h5-12H,4H2,1-3H3,(H,21,25). The van der Waals surface area contributed by atoms with E-state index in [0.29, 0.717) is 16.9 Å². The van der Waals surface area contributed by atoms with Crippen molar-refractivity contribution in [2.24, 2.45) is 0 Å². The van der Waals surface area contributed by atoms with E-state index in [9.17, 15) is 9.59 Å². The maximum atomic E-state index is 12.6. The lowest BCUT2D eigenvalue weighted by Crippen LogP contribution is -2.14.